The van der Waals surface area contributed by atoms with E-state index in [1.165, 1.54) is 0 Å². The third kappa shape index (κ3) is 5.91. The number of hydrogen-bond acceptors (Lipinski definition) is 5. The predicted octanol–water partition coefficient (Wildman–Crippen LogP) is 5.74. The lowest BCUT2D eigenvalue weighted by Crippen LogP contribution is -2.27. The molecule has 0 heterocycles. The van der Waals surface area contributed by atoms with Crippen LogP contribution in [0.25, 0.3) is 0 Å². The summed E-state index contributed by atoms with van der Waals surface area (Å²) in [5.74, 6) is 1.11. The molecular formula is C26H36O5S. The van der Waals surface area contributed by atoms with Crippen molar-refractivity contribution in [3.05, 3.63) is 58.7 Å². The lowest BCUT2D eigenvalue weighted by atomic mass is 9.70. The minimum atomic E-state index is -3.60. The molecule has 0 aliphatic heterocycles. The molecule has 0 spiro atoms. The number of ketones is 1. The Hall–Kier alpha value is -2.34. The summed E-state index contributed by atoms with van der Waals surface area (Å²) in [6, 6.07) is 12.0. The molecule has 32 heavy (non-hydrogen) atoms. The van der Waals surface area contributed by atoms with Crippen molar-refractivity contribution >= 4 is 15.9 Å². The van der Waals surface area contributed by atoms with E-state index in [-0.39, 0.29) is 17.8 Å². The maximum Gasteiger partial charge on any atom is 0.306 e. The van der Waals surface area contributed by atoms with Crippen molar-refractivity contribution in [1.82, 2.24) is 0 Å². The first kappa shape index (κ1) is 25.9. The summed E-state index contributed by atoms with van der Waals surface area (Å²) in [5, 5.41) is 0. The number of ether oxygens (including phenoxy) is 1. The van der Waals surface area contributed by atoms with Gasteiger partial charge in [-0.05, 0) is 61.1 Å². The Morgan fingerprint density at radius 2 is 1.41 bits per heavy atom. The summed E-state index contributed by atoms with van der Waals surface area (Å²) in [6.45, 7) is 13.8. The second-order valence-electron chi connectivity index (χ2n) is 9.50. The number of carbonyl (C=O) groups excluding carboxylic acids is 1. The summed E-state index contributed by atoms with van der Waals surface area (Å²) in [6.07, 6.45) is 2.80. The second-order valence-corrected chi connectivity index (χ2v) is 11.1. The highest BCUT2D eigenvalue weighted by atomic mass is 32.2. The Morgan fingerprint density at radius 1 is 0.906 bits per heavy atom. The van der Waals surface area contributed by atoms with Crippen molar-refractivity contribution in [3.8, 4) is 11.5 Å². The lowest BCUT2D eigenvalue weighted by molar-refractivity contribution is -0.128. The highest BCUT2D eigenvalue weighted by Crippen LogP contribution is 2.42. The quantitative estimate of drug-likeness (QED) is 0.446. The van der Waals surface area contributed by atoms with Gasteiger partial charge in [-0.25, -0.2) is 0 Å². The van der Waals surface area contributed by atoms with Gasteiger partial charge in [-0.2, -0.15) is 8.42 Å². The standard InChI is InChI=1S/C26H36O5S/c1-9-26(10-2,21-15-18(3)24(19(4)16-21)31-32(8,28)29)20-11-13-22(14-12-20)30-17-23(27)25(5,6)7/h11-16H,9-10,17H2,1-8H3. The van der Waals surface area contributed by atoms with Gasteiger partial charge in [0.2, 0.25) is 0 Å². The van der Waals surface area contributed by atoms with E-state index in [4.69, 9.17) is 8.92 Å². The molecule has 0 bridgehead atoms. The van der Waals surface area contributed by atoms with Gasteiger partial charge in [0, 0.05) is 10.8 Å². The largest absolute Gasteiger partial charge is 0.486 e. The minimum absolute atomic E-state index is 0.0513. The smallest absolute Gasteiger partial charge is 0.306 e. The Morgan fingerprint density at radius 3 is 1.81 bits per heavy atom. The Bertz CT molecular complexity index is 1030. The van der Waals surface area contributed by atoms with Gasteiger partial charge in [0.1, 0.15) is 18.1 Å². The molecule has 6 heteroatoms. The zero-order valence-corrected chi connectivity index (χ0v) is 21.4. The fourth-order valence-electron chi connectivity index (χ4n) is 3.98. The first-order chi connectivity index (χ1) is 14.7. The summed E-state index contributed by atoms with van der Waals surface area (Å²) in [5.41, 5.74) is 3.18. The molecule has 0 unspecified atom stereocenters. The zero-order chi connectivity index (χ0) is 24.3. The van der Waals surface area contributed by atoms with Crippen LogP contribution in [0, 0.1) is 19.3 Å². The molecule has 0 fully saturated rings. The van der Waals surface area contributed by atoms with Crippen LogP contribution in [0.2, 0.25) is 0 Å². The van der Waals surface area contributed by atoms with E-state index < -0.39 is 15.5 Å². The Balaban J connectivity index is 2.39. The van der Waals surface area contributed by atoms with Crippen molar-refractivity contribution in [3.63, 3.8) is 0 Å². The van der Waals surface area contributed by atoms with E-state index in [9.17, 15) is 13.2 Å². The molecule has 0 amide bonds. The van der Waals surface area contributed by atoms with Crippen molar-refractivity contribution in [2.75, 3.05) is 12.9 Å². The fourth-order valence-corrected chi connectivity index (χ4v) is 4.54. The number of benzene rings is 2. The molecule has 5 nitrogen and oxygen atoms in total. The maximum atomic E-state index is 12.1. The number of hydrogen-bond donors (Lipinski definition) is 0. The number of aryl methyl sites for hydroxylation is 2. The summed E-state index contributed by atoms with van der Waals surface area (Å²) < 4.78 is 34.2. The molecule has 0 radical (unpaired) electrons. The Kier molecular flexibility index (Phi) is 7.82. The van der Waals surface area contributed by atoms with Gasteiger partial charge < -0.3 is 8.92 Å². The van der Waals surface area contributed by atoms with Crippen molar-refractivity contribution in [1.29, 1.82) is 0 Å². The molecule has 2 aromatic carbocycles. The molecule has 0 aliphatic rings. The zero-order valence-electron chi connectivity index (χ0n) is 20.5. The number of Topliss-reactive ketones (excluding diaryl/α,β-unsaturated/α-hetero) is 1. The average Bonchev–Trinajstić information content (AvgIpc) is 2.69. The molecular weight excluding hydrogens is 424 g/mol. The molecule has 176 valence electrons. The van der Waals surface area contributed by atoms with Crippen LogP contribution in [0.4, 0.5) is 0 Å². The summed E-state index contributed by atoms with van der Waals surface area (Å²) in [7, 11) is -3.60. The van der Waals surface area contributed by atoms with E-state index in [1.807, 2.05) is 58.9 Å². The van der Waals surface area contributed by atoms with Crippen molar-refractivity contribution in [2.45, 2.75) is 66.7 Å². The van der Waals surface area contributed by atoms with E-state index in [0.717, 1.165) is 41.4 Å². The van der Waals surface area contributed by atoms with Gasteiger partial charge >= 0.3 is 10.1 Å². The van der Waals surface area contributed by atoms with Crippen molar-refractivity contribution in [2.24, 2.45) is 5.41 Å². The second kappa shape index (κ2) is 9.65. The van der Waals surface area contributed by atoms with Gasteiger partial charge in [0.15, 0.2) is 5.78 Å². The monoisotopic (exact) mass is 460 g/mol. The van der Waals surface area contributed by atoms with Crippen molar-refractivity contribution < 1.29 is 22.1 Å². The highest BCUT2D eigenvalue weighted by Gasteiger charge is 2.32. The van der Waals surface area contributed by atoms with Crippen LogP contribution in [-0.4, -0.2) is 27.1 Å². The maximum absolute atomic E-state index is 12.1. The molecule has 0 atom stereocenters. The summed E-state index contributed by atoms with van der Waals surface area (Å²) in [4.78, 5) is 12.1. The van der Waals surface area contributed by atoms with Crippen LogP contribution >= 0.6 is 0 Å². The molecule has 0 aliphatic carbocycles. The molecule has 2 aromatic rings. The number of rotatable bonds is 9. The fraction of sp³-hybridized carbons (Fsp3) is 0.500. The molecule has 0 aromatic heterocycles. The van der Waals surface area contributed by atoms with Crippen LogP contribution in [-0.2, 0) is 20.3 Å². The predicted molar refractivity (Wildman–Crippen MR) is 129 cm³/mol. The van der Waals surface area contributed by atoms with Gasteiger partial charge in [-0.15, -0.1) is 0 Å². The van der Waals surface area contributed by atoms with Gasteiger partial charge in [0.25, 0.3) is 0 Å². The lowest BCUT2D eigenvalue weighted by Gasteiger charge is -2.34. The first-order valence-corrected chi connectivity index (χ1v) is 12.8. The molecule has 0 N–H and O–H groups in total. The van der Waals surface area contributed by atoms with Crippen LogP contribution in [0.1, 0.15) is 69.7 Å². The Labute approximate surface area is 193 Å². The van der Waals surface area contributed by atoms with Crippen LogP contribution in [0.15, 0.2) is 36.4 Å². The molecule has 2 rings (SSSR count). The number of carbonyl (C=O) groups is 1. The molecule has 0 saturated heterocycles. The third-order valence-corrected chi connectivity index (χ3v) is 6.54. The highest BCUT2D eigenvalue weighted by molar-refractivity contribution is 7.86. The van der Waals surface area contributed by atoms with Crippen LogP contribution in [0.5, 0.6) is 11.5 Å². The van der Waals surface area contributed by atoms with E-state index in [0.29, 0.717) is 11.5 Å². The normalized spacial score (nSPS) is 12.5. The topological polar surface area (TPSA) is 69.7 Å². The van der Waals surface area contributed by atoms with E-state index >= 15 is 0 Å². The van der Waals surface area contributed by atoms with Gasteiger partial charge in [-0.1, -0.05) is 58.9 Å². The van der Waals surface area contributed by atoms with E-state index in [1.54, 1.807) is 0 Å². The third-order valence-electron chi connectivity index (χ3n) is 6.07. The van der Waals surface area contributed by atoms with E-state index in [2.05, 4.69) is 26.0 Å². The van der Waals surface area contributed by atoms with Gasteiger partial charge in [0.05, 0.1) is 6.26 Å². The average molecular weight is 461 g/mol. The summed E-state index contributed by atoms with van der Waals surface area (Å²) >= 11 is 0. The molecule has 0 saturated carbocycles. The minimum Gasteiger partial charge on any atom is -0.486 e. The van der Waals surface area contributed by atoms with Crippen LogP contribution in [0.3, 0.4) is 0 Å². The SMILES string of the molecule is CCC(CC)(c1ccc(OCC(=O)C(C)(C)C)cc1)c1cc(C)c(OS(C)(=O)=O)c(C)c1. The van der Waals surface area contributed by atoms with Gasteiger partial charge in [-0.3, -0.25) is 4.79 Å². The first-order valence-electron chi connectivity index (χ1n) is 11.0. The van der Waals surface area contributed by atoms with Crippen LogP contribution < -0.4 is 8.92 Å².